The molecule has 1 aromatic heterocycles. The summed E-state index contributed by atoms with van der Waals surface area (Å²) in [6, 6.07) is 5.88. The first-order valence-corrected chi connectivity index (χ1v) is 9.15. The fourth-order valence-corrected chi connectivity index (χ4v) is 3.34. The Morgan fingerprint density at radius 2 is 1.96 bits per heavy atom. The molecule has 0 saturated heterocycles. The molecule has 0 unspecified atom stereocenters. The summed E-state index contributed by atoms with van der Waals surface area (Å²) in [6.07, 6.45) is 2.33. The van der Waals surface area contributed by atoms with Gasteiger partial charge in [-0.3, -0.25) is 4.79 Å². The van der Waals surface area contributed by atoms with Crippen molar-refractivity contribution in [2.45, 2.75) is 66.3 Å². The maximum absolute atomic E-state index is 12.5. The summed E-state index contributed by atoms with van der Waals surface area (Å²) < 4.78 is 1.86. The van der Waals surface area contributed by atoms with Crippen molar-refractivity contribution in [3.8, 4) is 5.69 Å². The summed E-state index contributed by atoms with van der Waals surface area (Å²) in [7, 11) is 0. The van der Waals surface area contributed by atoms with Crippen LogP contribution in [0.3, 0.4) is 0 Å². The number of carbonyl (C=O) groups is 1. The lowest BCUT2D eigenvalue weighted by atomic mass is 9.98. The average Bonchev–Trinajstić information content (AvgIpc) is 2.77. The number of amides is 1. The van der Waals surface area contributed by atoms with E-state index in [4.69, 9.17) is 11.6 Å². The topological polar surface area (TPSA) is 46.9 Å². The maximum atomic E-state index is 12.5. The minimum atomic E-state index is -0.186. The Kier molecular flexibility index (Phi) is 5.94. The van der Waals surface area contributed by atoms with Gasteiger partial charge in [-0.15, -0.1) is 0 Å². The van der Waals surface area contributed by atoms with Gasteiger partial charge >= 0.3 is 0 Å². The molecule has 0 aliphatic carbocycles. The summed E-state index contributed by atoms with van der Waals surface area (Å²) in [4.78, 5) is 12.5. The lowest BCUT2D eigenvalue weighted by Crippen LogP contribution is -2.44. The summed E-state index contributed by atoms with van der Waals surface area (Å²) in [6.45, 7) is 12.2. The molecular formula is C20H28ClN3O. The van der Waals surface area contributed by atoms with Gasteiger partial charge < -0.3 is 5.32 Å². The van der Waals surface area contributed by atoms with Gasteiger partial charge in [-0.2, -0.15) is 5.10 Å². The Morgan fingerprint density at radius 1 is 1.28 bits per heavy atom. The molecular weight excluding hydrogens is 334 g/mol. The van der Waals surface area contributed by atoms with Crippen LogP contribution in [0.25, 0.3) is 5.69 Å². The second kappa shape index (κ2) is 7.61. The van der Waals surface area contributed by atoms with Gasteiger partial charge in [0.05, 0.1) is 17.8 Å². The van der Waals surface area contributed by atoms with Crippen molar-refractivity contribution >= 4 is 17.5 Å². The fraction of sp³-hybridized carbons (Fsp3) is 0.500. The molecule has 0 atom stereocenters. The third-order valence-electron chi connectivity index (χ3n) is 4.53. The molecule has 4 nitrogen and oxygen atoms in total. The van der Waals surface area contributed by atoms with E-state index in [1.54, 1.807) is 0 Å². The summed E-state index contributed by atoms with van der Waals surface area (Å²) in [5.41, 5.74) is 4.58. The minimum Gasteiger partial charge on any atom is -0.351 e. The van der Waals surface area contributed by atoms with Crippen LogP contribution in [-0.2, 0) is 11.2 Å². The van der Waals surface area contributed by atoms with E-state index in [-0.39, 0.29) is 11.4 Å². The van der Waals surface area contributed by atoms with E-state index in [0.29, 0.717) is 11.4 Å². The molecule has 0 aliphatic rings. The molecule has 1 amide bonds. The zero-order valence-corrected chi connectivity index (χ0v) is 16.8. The molecule has 0 saturated carbocycles. The van der Waals surface area contributed by atoms with Crippen LogP contribution in [0.1, 0.15) is 56.1 Å². The number of benzene rings is 1. The van der Waals surface area contributed by atoms with E-state index in [1.165, 1.54) is 0 Å². The highest BCUT2D eigenvalue weighted by Crippen LogP contribution is 2.23. The molecule has 2 rings (SSSR count). The predicted molar refractivity (Wildman–Crippen MR) is 104 cm³/mol. The van der Waals surface area contributed by atoms with Crippen LogP contribution in [0.5, 0.6) is 0 Å². The number of hydrogen-bond acceptors (Lipinski definition) is 2. The highest BCUT2D eigenvalue weighted by Gasteiger charge is 2.22. The molecule has 2 aromatic rings. The number of aryl methyl sites for hydroxylation is 2. The standard InChI is InChI=1S/C20H28ClN3O/c1-7-10-20(5,6)22-19(25)12-17-14(3)23-24(15(17)4)16-9-8-13(2)18(21)11-16/h8-9,11H,7,10,12H2,1-6H3,(H,22,25). The van der Waals surface area contributed by atoms with E-state index in [0.717, 1.165) is 41.0 Å². The second-order valence-electron chi connectivity index (χ2n) is 7.35. The van der Waals surface area contributed by atoms with Gasteiger partial charge in [-0.25, -0.2) is 4.68 Å². The van der Waals surface area contributed by atoms with Gasteiger partial charge in [0.25, 0.3) is 0 Å². The first-order valence-electron chi connectivity index (χ1n) is 8.77. The van der Waals surface area contributed by atoms with E-state index in [2.05, 4.69) is 31.2 Å². The molecule has 0 fully saturated rings. The Morgan fingerprint density at radius 3 is 2.56 bits per heavy atom. The van der Waals surface area contributed by atoms with Crippen molar-refractivity contribution in [1.82, 2.24) is 15.1 Å². The molecule has 0 bridgehead atoms. The van der Waals surface area contributed by atoms with E-state index in [9.17, 15) is 4.79 Å². The fourth-order valence-electron chi connectivity index (χ4n) is 3.17. The Labute approximate surface area is 155 Å². The molecule has 25 heavy (non-hydrogen) atoms. The Balaban J connectivity index is 2.24. The predicted octanol–water partition coefficient (Wildman–Crippen LogP) is 4.69. The number of aromatic nitrogens is 2. The van der Waals surface area contributed by atoms with Crippen molar-refractivity contribution in [2.24, 2.45) is 0 Å². The van der Waals surface area contributed by atoms with Crippen LogP contribution in [0.15, 0.2) is 18.2 Å². The molecule has 1 N–H and O–H groups in total. The van der Waals surface area contributed by atoms with Gasteiger partial charge in [0.15, 0.2) is 0 Å². The summed E-state index contributed by atoms with van der Waals surface area (Å²) in [5, 5.41) is 8.46. The first-order chi connectivity index (χ1) is 11.6. The van der Waals surface area contributed by atoms with Crippen LogP contribution in [-0.4, -0.2) is 21.2 Å². The summed E-state index contributed by atoms with van der Waals surface area (Å²) in [5.74, 6) is 0.0335. The van der Waals surface area contributed by atoms with E-state index in [1.807, 2.05) is 43.7 Å². The normalized spacial score (nSPS) is 11.6. The average molecular weight is 362 g/mol. The minimum absolute atomic E-state index is 0.0335. The van der Waals surface area contributed by atoms with Gasteiger partial charge in [0.1, 0.15) is 0 Å². The number of nitrogens with one attached hydrogen (secondary N) is 1. The number of hydrogen-bond donors (Lipinski definition) is 1. The molecule has 5 heteroatoms. The van der Waals surface area contributed by atoms with E-state index >= 15 is 0 Å². The SMILES string of the molecule is CCCC(C)(C)NC(=O)Cc1c(C)nn(-c2ccc(C)c(Cl)c2)c1C. The van der Waals surface area contributed by atoms with Gasteiger partial charge in [-0.1, -0.05) is 31.0 Å². The Hall–Kier alpha value is -1.81. The van der Waals surface area contributed by atoms with E-state index < -0.39 is 0 Å². The van der Waals surface area contributed by atoms with Crippen molar-refractivity contribution in [2.75, 3.05) is 0 Å². The lowest BCUT2D eigenvalue weighted by Gasteiger charge is -2.25. The van der Waals surface area contributed by atoms with Crippen LogP contribution >= 0.6 is 11.6 Å². The Bertz CT molecular complexity index is 777. The number of nitrogens with zero attached hydrogens (tertiary/aromatic N) is 2. The van der Waals surface area contributed by atoms with Crippen molar-refractivity contribution in [3.05, 3.63) is 45.7 Å². The third kappa shape index (κ3) is 4.63. The molecule has 136 valence electrons. The lowest BCUT2D eigenvalue weighted by molar-refractivity contribution is -0.122. The monoisotopic (exact) mass is 361 g/mol. The molecule has 0 radical (unpaired) electrons. The number of rotatable bonds is 6. The van der Waals surface area contributed by atoms with Gasteiger partial charge in [0, 0.05) is 21.8 Å². The zero-order chi connectivity index (χ0) is 18.8. The largest absolute Gasteiger partial charge is 0.351 e. The van der Waals surface area contributed by atoms with Crippen LogP contribution in [0.2, 0.25) is 5.02 Å². The first kappa shape index (κ1) is 19.5. The molecule has 1 aromatic carbocycles. The molecule has 0 spiro atoms. The quantitative estimate of drug-likeness (QED) is 0.811. The zero-order valence-electron chi connectivity index (χ0n) is 16.0. The smallest absolute Gasteiger partial charge is 0.224 e. The van der Waals surface area contributed by atoms with Crippen molar-refractivity contribution < 1.29 is 4.79 Å². The number of halogens is 1. The molecule has 1 heterocycles. The highest BCUT2D eigenvalue weighted by atomic mass is 35.5. The molecule has 0 aliphatic heterocycles. The number of carbonyl (C=O) groups excluding carboxylic acids is 1. The van der Waals surface area contributed by atoms with Crippen LogP contribution in [0, 0.1) is 20.8 Å². The van der Waals surface area contributed by atoms with Crippen LogP contribution in [0.4, 0.5) is 0 Å². The highest BCUT2D eigenvalue weighted by molar-refractivity contribution is 6.31. The second-order valence-corrected chi connectivity index (χ2v) is 7.76. The van der Waals surface area contributed by atoms with Gasteiger partial charge in [-0.05, 0) is 58.7 Å². The third-order valence-corrected chi connectivity index (χ3v) is 4.94. The van der Waals surface area contributed by atoms with Crippen molar-refractivity contribution in [1.29, 1.82) is 0 Å². The van der Waals surface area contributed by atoms with Gasteiger partial charge in [0.2, 0.25) is 5.91 Å². The van der Waals surface area contributed by atoms with Crippen LogP contribution < -0.4 is 5.32 Å². The maximum Gasteiger partial charge on any atom is 0.224 e. The van der Waals surface area contributed by atoms with Crippen molar-refractivity contribution in [3.63, 3.8) is 0 Å². The summed E-state index contributed by atoms with van der Waals surface area (Å²) >= 11 is 6.24.